The molecule has 8 nitrogen and oxygen atoms in total. The fourth-order valence-corrected chi connectivity index (χ4v) is 2.52. The summed E-state index contributed by atoms with van der Waals surface area (Å²) in [6.07, 6.45) is 1.33. The molecule has 3 aromatic rings. The van der Waals surface area contributed by atoms with Gasteiger partial charge in [0.25, 0.3) is 5.91 Å². The lowest BCUT2D eigenvalue weighted by atomic mass is 10.1. The minimum Gasteiger partial charge on any atom is -0.507 e. The summed E-state index contributed by atoms with van der Waals surface area (Å²) in [5.74, 6) is -1.49. The molecule has 0 saturated heterocycles. The summed E-state index contributed by atoms with van der Waals surface area (Å²) in [5, 5.41) is 25.8. The van der Waals surface area contributed by atoms with Crippen LogP contribution in [0.15, 0.2) is 54.7 Å². The van der Waals surface area contributed by atoms with Crippen LogP contribution in [0.2, 0.25) is 0 Å². The van der Waals surface area contributed by atoms with Crippen molar-refractivity contribution in [2.24, 2.45) is 0 Å². The first-order valence-electron chi connectivity index (χ1n) is 8.30. The van der Waals surface area contributed by atoms with Crippen LogP contribution >= 0.6 is 0 Å². The van der Waals surface area contributed by atoms with Gasteiger partial charge in [-0.05, 0) is 30.7 Å². The molecule has 8 heteroatoms. The number of anilines is 1. The molecule has 1 heterocycles. The largest absolute Gasteiger partial charge is 0.507 e. The van der Waals surface area contributed by atoms with Crippen molar-refractivity contribution in [3.8, 4) is 17.5 Å². The number of ether oxygens (including phenoxy) is 1. The van der Waals surface area contributed by atoms with E-state index in [4.69, 9.17) is 4.74 Å². The van der Waals surface area contributed by atoms with Gasteiger partial charge >= 0.3 is 5.97 Å². The van der Waals surface area contributed by atoms with E-state index in [0.29, 0.717) is 11.3 Å². The molecule has 0 bridgehead atoms. The highest BCUT2D eigenvalue weighted by molar-refractivity contribution is 5.97. The zero-order valence-electron chi connectivity index (χ0n) is 14.9. The maximum atomic E-state index is 12.2. The van der Waals surface area contributed by atoms with Gasteiger partial charge in [-0.3, -0.25) is 4.79 Å². The highest BCUT2D eigenvalue weighted by Crippen LogP contribution is 2.22. The van der Waals surface area contributed by atoms with Crippen molar-refractivity contribution >= 4 is 17.7 Å². The summed E-state index contributed by atoms with van der Waals surface area (Å²) in [6.45, 7) is 1.06. The number of aromatic hydroxyl groups is 1. The van der Waals surface area contributed by atoms with E-state index in [2.05, 4.69) is 10.4 Å². The Morgan fingerprint density at radius 2 is 1.96 bits per heavy atom. The third-order valence-electron chi connectivity index (χ3n) is 3.94. The first kappa shape index (κ1) is 18.7. The number of nitriles is 1. The van der Waals surface area contributed by atoms with E-state index in [0.717, 1.165) is 0 Å². The summed E-state index contributed by atoms with van der Waals surface area (Å²) >= 11 is 0. The topological polar surface area (TPSA) is 117 Å². The van der Waals surface area contributed by atoms with E-state index in [-0.39, 0.29) is 22.7 Å². The number of aromatic nitrogens is 2. The first-order valence-corrected chi connectivity index (χ1v) is 8.30. The van der Waals surface area contributed by atoms with Gasteiger partial charge in [-0.2, -0.15) is 10.4 Å². The number of phenols is 1. The third-order valence-corrected chi connectivity index (χ3v) is 3.94. The molecule has 28 heavy (non-hydrogen) atoms. The molecule has 0 aliphatic heterocycles. The minimum atomic E-state index is -0.826. The number of hydrogen-bond acceptors (Lipinski definition) is 6. The van der Waals surface area contributed by atoms with Gasteiger partial charge in [0.1, 0.15) is 22.9 Å². The van der Waals surface area contributed by atoms with Crippen molar-refractivity contribution in [2.45, 2.75) is 6.92 Å². The number of carbonyl (C=O) groups is 2. The van der Waals surface area contributed by atoms with Crippen molar-refractivity contribution in [1.29, 1.82) is 5.26 Å². The molecular formula is C20H16N4O4. The molecule has 0 radical (unpaired) electrons. The molecule has 0 saturated carbocycles. The monoisotopic (exact) mass is 376 g/mol. The van der Waals surface area contributed by atoms with Gasteiger partial charge in [-0.1, -0.05) is 30.3 Å². The lowest BCUT2D eigenvalue weighted by molar-refractivity contribution is -0.119. The van der Waals surface area contributed by atoms with Crippen LogP contribution in [-0.4, -0.2) is 33.4 Å². The van der Waals surface area contributed by atoms with Crippen LogP contribution in [0.1, 0.15) is 21.5 Å². The third kappa shape index (κ3) is 3.83. The number of amides is 1. The summed E-state index contributed by atoms with van der Waals surface area (Å²) < 4.78 is 6.38. The van der Waals surface area contributed by atoms with Gasteiger partial charge in [0.05, 0.1) is 11.9 Å². The Morgan fingerprint density at radius 1 is 1.21 bits per heavy atom. The summed E-state index contributed by atoms with van der Waals surface area (Å²) in [7, 11) is 0. The molecule has 0 fully saturated rings. The Kier molecular flexibility index (Phi) is 5.37. The molecule has 2 aromatic carbocycles. The Labute approximate surface area is 160 Å². The standard InChI is InChI=1S/C20H16N4O4/c1-13-6-5-9-16(18(13)26)20(27)28-12-17(25)23-19-14(10-21)11-22-24(19)15-7-3-2-4-8-15/h2-9,11,26H,12H2,1H3,(H,23,25). The average Bonchev–Trinajstić information content (AvgIpc) is 3.11. The van der Waals surface area contributed by atoms with E-state index in [1.54, 1.807) is 43.3 Å². The van der Waals surface area contributed by atoms with Crippen LogP contribution < -0.4 is 5.32 Å². The number of phenolic OH excluding ortho intramolecular Hbond substituents is 1. The molecule has 0 aliphatic rings. The smallest absolute Gasteiger partial charge is 0.342 e. The zero-order chi connectivity index (χ0) is 20.1. The summed E-state index contributed by atoms with van der Waals surface area (Å²) in [5.41, 5.74) is 1.31. The van der Waals surface area contributed by atoms with E-state index >= 15 is 0 Å². The van der Waals surface area contributed by atoms with E-state index in [1.165, 1.54) is 16.9 Å². The number of carbonyl (C=O) groups excluding carboxylic acids is 2. The molecule has 0 aliphatic carbocycles. The Balaban J connectivity index is 1.72. The van der Waals surface area contributed by atoms with E-state index in [9.17, 15) is 20.0 Å². The van der Waals surface area contributed by atoms with Crippen LogP contribution in [0.4, 0.5) is 5.82 Å². The summed E-state index contributed by atoms with van der Waals surface area (Å²) in [4.78, 5) is 24.4. The highest BCUT2D eigenvalue weighted by atomic mass is 16.5. The van der Waals surface area contributed by atoms with Crippen molar-refractivity contribution < 1.29 is 19.4 Å². The fraction of sp³-hybridized carbons (Fsp3) is 0.100. The Morgan fingerprint density at radius 3 is 2.68 bits per heavy atom. The molecule has 0 spiro atoms. The van der Waals surface area contributed by atoms with Gasteiger partial charge in [-0.25, -0.2) is 9.48 Å². The zero-order valence-corrected chi connectivity index (χ0v) is 14.9. The molecule has 1 amide bonds. The van der Waals surface area contributed by atoms with Gasteiger partial charge < -0.3 is 15.2 Å². The van der Waals surface area contributed by atoms with Crippen LogP contribution in [0, 0.1) is 18.3 Å². The maximum Gasteiger partial charge on any atom is 0.342 e. The number of para-hydroxylation sites is 2. The first-order chi connectivity index (χ1) is 13.5. The lowest BCUT2D eigenvalue weighted by Gasteiger charge is -2.10. The van der Waals surface area contributed by atoms with Gasteiger partial charge in [-0.15, -0.1) is 0 Å². The molecule has 0 unspecified atom stereocenters. The molecule has 2 N–H and O–H groups in total. The molecule has 3 rings (SSSR count). The summed E-state index contributed by atoms with van der Waals surface area (Å²) in [6, 6.07) is 15.6. The number of nitrogens with one attached hydrogen (secondary N) is 1. The molecule has 140 valence electrons. The van der Waals surface area contributed by atoms with Gasteiger partial charge in [0.2, 0.25) is 0 Å². The van der Waals surface area contributed by atoms with Crippen LogP contribution in [0.25, 0.3) is 5.69 Å². The number of esters is 1. The minimum absolute atomic E-state index is 0.0279. The average molecular weight is 376 g/mol. The number of rotatable bonds is 5. The van der Waals surface area contributed by atoms with E-state index < -0.39 is 18.5 Å². The number of benzene rings is 2. The normalized spacial score (nSPS) is 10.1. The quantitative estimate of drug-likeness (QED) is 0.661. The number of hydrogen-bond donors (Lipinski definition) is 2. The van der Waals surface area contributed by atoms with Gasteiger partial charge in [0.15, 0.2) is 12.4 Å². The van der Waals surface area contributed by atoms with Crippen LogP contribution in [0.3, 0.4) is 0 Å². The molecule has 1 aromatic heterocycles. The fourth-order valence-electron chi connectivity index (χ4n) is 2.52. The molecular weight excluding hydrogens is 360 g/mol. The predicted molar refractivity (Wildman–Crippen MR) is 100 cm³/mol. The Hall–Kier alpha value is -4.12. The number of aryl methyl sites for hydroxylation is 1. The van der Waals surface area contributed by atoms with Crippen molar-refractivity contribution in [3.63, 3.8) is 0 Å². The molecule has 0 atom stereocenters. The van der Waals surface area contributed by atoms with Crippen molar-refractivity contribution in [2.75, 3.05) is 11.9 Å². The number of nitrogens with zero attached hydrogens (tertiary/aromatic N) is 3. The van der Waals surface area contributed by atoms with Crippen molar-refractivity contribution in [3.05, 3.63) is 71.4 Å². The second-order valence-corrected chi connectivity index (χ2v) is 5.86. The maximum absolute atomic E-state index is 12.2. The highest BCUT2D eigenvalue weighted by Gasteiger charge is 2.18. The second kappa shape index (κ2) is 8.05. The Bertz CT molecular complexity index is 1070. The predicted octanol–water partition coefficient (Wildman–Crippen LogP) is 2.55. The van der Waals surface area contributed by atoms with Gasteiger partial charge in [0, 0.05) is 0 Å². The lowest BCUT2D eigenvalue weighted by Crippen LogP contribution is -2.23. The second-order valence-electron chi connectivity index (χ2n) is 5.86. The SMILES string of the molecule is Cc1cccc(C(=O)OCC(=O)Nc2c(C#N)cnn2-c2ccccc2)c1O. The van der Waals surface area contributed by atoms with E-state index in [1.807, 2.05) is 12.1 Å². The van der Waals surface area contributed by atoms with Crippen LogP contribution in [0.5, 0.6) is 5.75 Å². The van der Waals surface area contributed by atoms with Crippen LogP contribution in [-0.2, 0) is 9.53 Å². The van der Waals surface area contributed by atoms with Crippen molar-refractivity contribution in [1.82, 2.24) is 9.78 Å².